The molecule has 0 saturated carbocycles. The van der Waals surface area contributed by atoms with Crippen LogP contribution in [0.4, 0.5) is 0 Å². The first-order chi connectivity index (χ1) is 4.38. The number of hydrogen-bond donors (Lipinski definition) is 1. The molecule has 0 aromatic rings. The van der Waals surface area contributed by atoms with Crippen molar-refractivity contribution in [3.05, 3.63) is 17.4 Å². The van der Waals surface area contributed by atoms with E-state index in [-0.39, 0.29) is 0 Å². The summed E-state index contributed by atoms with van der Waals surface area (Å²) in [6, 6.07) is 0. The average Bonchev–Trinajstić information content (AvgIpc) is 2.35. The van der Waals surface area contributed by atoms with Crippen LogP contribution < -0.4 is 5.73 Å². The van der Waals surface area contributed by atoms with Gasteiger partial charge in [0, 0.05) is 5.57 Å². The van der Waals surface area contributed by atoms with Crippen molar-refractivity contribution >= 4 is 0 Å². The van der Waals surface area contributed by atoms with Crippen LogP contribution >= 0.6 is 0 Å². The Kier molecular flexibility index (Phi) is 0.931. The van der Waals surface area contributed by atoms with Crippen LogP contribution in [0.2, 0.25) is 0 Å². The molecule has 0 aromatic heterocycles. The van der Waals surface area contributed by atoms with Gasteiger partial charge in [-0.3, -0.25) is 5.73 Å². The number of azo groups is 1. The van der Waals surface area contributed by atoms with E-state index in [0.29, 0.717) is 6.17 Å². The van der Waals surface area contributed by atoms with Gasteiger partial charge in [0.15, 0.2) is 6.17 Å². The standard InChI is InChI=1S/C6H8N3/c7-6-4-2-1-3-5(4)8-9-6/h1-3,7H2. The summed E-state index contributed by atoms with van der Waals surface area (Å²) in [6.07, 6.45) is 3.99. The van der Waals surface area contributed by atoms with E-state index >= 15 is 0 Å². The summed E-state index contributed by atoms with van der Waals surface area (Å²) in [5, 5.41) is 7.69. The maximum atomic E-state index is 5.52. The number of allylic oxidation sites excluding steroid dienone is 1. The van der Waals surface area contributed by atoms with Crippen LogP contribution in [-0.2, 0) is 0 Å². The van der Waals surface area contributed by atoms with Crippen molar-refractivity contribution in [1.82, 2.24) is 0 Å². The van der Waals surface area contributed by atoms with E-state index < -0.39 is 0 Å². The van der Waals surface area contributed by atoms with Gasteiger partial charge in [0.2, 0.25) is 0 Å². The quantitative estimate of drug-likeness (QED) is 0.517. The Balaban J connectivity index is 2.33. The molecule has 0 aromatic carbocycles. The Hall–Kier alpha value is -0.700. The zero-order valence-corrected chi connectivity index (χ0v) is 5.09. The zero-order valence-electron chi connectivity index (χ0n) is 5.09. The lowest BCUT2D eigenvalue weighted by molar-refractivity contribution is 0.825. The van der Waals surface area contributed by atoms with Crippen LogP contribution in [0, 0.1) is 6.17 Å². The fraction of sp³-hybridized carbons (Fsp3) is 0.500. The van der Waals surface area contributed by atoms with Crippen LogP contribution in [0.5, 0.6) is 0 Å². The molecule has 1 radical (unpaired) electrons. The maximum Gasteiger partial charge on any atom is 0.197 e. The molecule has 2 aliphatic rings. The fourth-order valence-electron chi connectivity index (χ4n) is 1.29. The van der Waals surface area contributed by atoms with Gasteiger partial charge in [0.25, 0.3) is 0 Å². The third-order valence-corrected chi connectivity index (χ3v) is 1.78. The fourth-order valence-corrected chi connectivity index (χ4v) is 1.29. The van der Waals surface area contributed by atoms with E-state index in [0.717, 1.165) is 18.5 Å². The molecule has 0 saturated heterocycles. The van der Waals surface area contributed by atoms with Crippen LogP contribution in [0.25, 0.3) is 0 Å². The molecule has 9 heavy (non-hydrogen) atoms. The van der Waals surface area contributed by atoms with Gasteiger partial charge in [-0.15, -0.1) is 0 Å². The van der Waals surface area contributed by atoms with Crippen molar-refractivity contribution in [2.75, 3.05) is 0 Å². The molecule has 3 heteroatoms. The minimum atomic E-state index is 0.641. The largest absolute Gasteiger partial charge is 0.298 e. The van der Waals surface area contributed by atoms with E-state index in [1.165, 1.54) is 12.0 Å². The van der Waals surface area contributed by atoms with Crippen molar-refractivity contribution in [3.63, 3.8) is 0 Å². The summed E-state index contributed by atoms with van der Waals surface area (Å²) < 4.78 is 0. The Labute approximate surface area is 53.6 Å². The lowest BCUT2D eigenvalue weighted by Crippen LogP contribution is -2.05. The first-order valence-corrected chi connectivity index (χ1v) is 3.14. The topological polar surface area (TPSA) is 50.7 Å². The third-order valence-electron chi connectivity index (χ3n) is 1.78. The molecule has 0 fully saturated rings. The average molecular weight is 122 g/mol. The SMILES string of the molecule is N[C]1N=NC2=C1CCC2. The number of nitrogens with zero attached hydrogens (tertiary/aromatic N) is 2. The predicted octanol–water partition coefficient (Wildman–Crippen LogP) is 1.34. The zero-order chi connectivity index (χ0) is 6.27. The first-order valence-electron chi connectivity index (χ1n) is 3.14. The summed E-state index contributed by atoms with van der Waals surface area (Å²) in [5.74, 6) is 0. The normalized spacial score (nSPS) is 25.9. The Bertz CT molecular complexity index is 192. The van der Waals surface area contributed by atoms with Crippen molar-refractivity contribution < 1.29 is 0 Å². The van der Waals surface area contributed by atoms with Crippen molar-refractivity contribution in [2.45, 2.75) is 19.3 Å². The highest BCUT2D eigenvalue weighted by atomic mass is 15.2. The molecule has 0 unspecified atom stereocenters. The molecule has 3 nitrogen and oxygen atoms in total. The van der Waals surface area contributed by atoms with E-state index in [1.54, 1.807) is 0 Å². The van der Waals surface area contributed by atoms with Gasteiger partial charge in [0.1, 0.15) is 0 Å². The second kappa shape index (κ2) is 1.64. The molecular weight excluding hydrogens is 114 g/mol. The second-order valence-corrected chi connectivity index (χ2v) is 2.36. The van der Waals surface area contributed by atoms with E-state index in [2.05, 4.69) is 10.2 Å². The third kappa shape index (κ3) is 0.612. The monoisotopic (exact) mass is 122 g/mol. The summed E-state index contributed by atoms with van der Waals surface area (Å²) in [5.41, 5.74) is 7.83. The molecule has 2 rings (SSSR count). The molecule has 0 atom stereocenters. The maximum absolute atomic E-state index is 5.52. The first kappa shape index (κ1) is 5.11. The lowest BCUT2D eigenvalue weighted by atomic mass is 10.2. The molecule has 0 amide bonds. The van der Waals surface area contributed by atoms with Gasteiger partial charge in [-0.05, 0) is 19.3 Å². The molecule has 1 aliphatic carbocycles. The number of rotatable bonds is 0. The van der Waals surface area contributed by atoms with Crippen molar-refractivity contribution in [3.8, 4) is 0 Å². The Morgan fingerprint density at radius 1 is 1.22 bits per heavy atom. The van der Waals surface area contributed by atoms with E-state index in [9.17, 15) is 0 Å². The summed E-state index contributed by atoms with van der Waals surface area (Å²) in [7, 11) is 0. The van der Waals surface area contributed by atoms with Gasteiger partial charge >= 0.3 is 0 Å². The molecule has 1 heterocycles. The van der Waals surface area contributed by atoms with Crippen LogP contribution in [0.1, 0.15) is 19.3 Å². The van der Waals surface area contributed by atoms with Crippen molar-refractivity contribution in [1.29, 1.82) is 0 Å². The number of nitrogens with two attached hydrogens (primary N) is 1. The molecule has 0 bridgehead atoms. The van der Waals surface area contributed by atoms with Crippen LogP contribution in [-0.4, -0.2) is 0 Å². The van der Waals surface area contributed by atoms with Crippen LogP contribution in [0.3, 0.4) is 0 Å². The van der Waals surface area contributed by atoms with Gasteiger partial charge in [0.05, 0.1) is 5.70 Å². The molecule has 2 N–H and O–H groups in total. The smallest absolute Gasteiger partial charge is 0.197 e. The van der Waals surface area contributed by atoms with Gasteiger partial charge in [-0.25, -0.2) is 0 Å². The van der Waals surface area contributed by atoms with Crippen LogP contribution in [0.15, 0.2) is 21.5 Å². The predicted molar refractivity (Wildman–Crippen MR) is 33.2 cm³/mol. The molecule has 0 spiro atoms. The summed E-state index contributed by atoms with van der Waals surface area (Å²) in [4.78, 5) is 0. The highest BCUT2D eigenvalue weighted by Crippen LogP contribution is 2.36. The minimum Gasteiger partial charge on any atom is -0.298 e. The number of hydrogen-bond acceptors (Lipinski definition) is 3. The van der Waals surface area contributed by atoms with Crippen molar-refractivity contribution in [2.24, 2.45) is 16.0 Å². The van der Waals surface area contributed by atoms with E-state index in [1.807, 2.05) is 0 Å². The van der Waals surface area contributed by atoms with Gasteiger partial charge in [-0.1, -0.05) is 0 Å². The van der Waals surface area contributed by atoms with Gasteiger partial charge < -0.3 is 0 Å². The minimum absolute atomic E-state index is 0.641. The second-order valence-electron chi connectivity index (χ2n) is 2.36. The highest BCUT2D eigenvalue weighted by Gasteiger charge is 2.25. The molecule has 1 aliphatic heterocycles. The highest BCUT2D eigenvalue weighted by molar-refractivity contribution is 5.33. The summed E-state index contributed by atoms with van der Waals surface area (Å²) >= 11 is 0. The van der Waals surface area contributed by atoms with E-state index in [4.69, 9.17) is 5.73 Å². The Morgan fingerprint density at radius 3 is 2.89 bits per heavy atom. The summed E-state index contributed by atoms with van der Waals surface area (Å²) in [6.45, 7) is 0. The molecule has 47 valence electrons. The Morgan fingerprint density at radius 2 is 2.11 bits per heavy atom. The molecular formula is C6H8N3. The lowest BCUT2D eigenvalue weighted by Gasteiger charge is -1.96. The van der Waals surface area contributed by atoms with Gasteiger partial charge in [-0.2, -0.15) is 10.2 Å².